The Morgan fingerprint density at radius 2 is 1.72 bits per heavy atom. The summed E-state index contributed by atoms with van der Waals surface area (Å²) in [5.74, 6) is 2.55. The van der Waals surface area contributed by atoms with Gasteiger partial charge in [-0.05, 0) is 36.4 Å². The Hall–Kier alpha value is -3.80. The molecule has 1 atom stereocenters. The van der Waals surface area contributed by atoms with E-state index in [0.717, 1.165) is 28.3 Å². The number of hydrogen-bond donors (Lipinski definition) is 0. The van der Waals surface area contributed by atoms with Gasteiger partial charge in [0.1, 0.15) is 23.9 Å². The van der Waals surface area contributed by atoms with Crippen molar-refractivity contribution in [3.8, 4) is 11.5 Å². The maximum absolute atomic E-state index is 13.0. The summed E-state index contributed by atoms with van der Waals surface area (Å²) in [7, 11) is 1.63. The molecule has 0 saturated carbocycles. The van der Waals surface area contributed by atoms with Crippen LogP contribution in [0.15, 0.2) is 78.9 Å². The summed E-state index contributed by atoms with van der Waals surface area (Å²) in [5, 5.41) is 0. The topological polar surface area (TPSA) is 56.6 Å². The Morgan fingerprint density at radius 1 is 0.969 bits per heavy atom. The third kappa shape index (κ3) is 3.80. The first-order valence-electron chi connectivity index (χ1n) is 10.8. The van der Waals surface area contributed by atoms with E-state index < -0.39 is 0 Å². The van der Waals surface area contributed by atoms with Gasteiger partial charge in [0.05, 0.1) is 30.4 Å². The van der Waals surface area contributed by atoms with Crippen LogP contribution in [0.5, 0.6) is 11.5 Å². The van der Waals surface area contributed by atoms with Gasteiger partial charge in [0.15, 0.2) is 0 Å². The van der Waals surface area contributed by atoms with E-state index in [9.17, 15) is 4.79 Å². The van der Waals surface area contributed by atoms with Crippen molar-refractivity contribution < 1.29 is 14.3 Å². The molecule has 1 aromatic heterocycles. The highest BCUT2D eigenvalue weighted by Crippen LogP contribution is 2.37. The summed E-state index contributed by atoms with van der Waals surface area (Å²) < 4.78 is 13.6. The molecule has 0 spiro atoms. The number of fused-ring (bicyclic) bond motifs is 1. The number of amides is 1. The van der Waals surface area contributed by atoms with Gasteiger partial charge in [-0.25, -0.2) is 4.98 Å². The number of carbonyl (C=O) groups excluding carboxylic acids is 1. The number of imidazole rings is 1. The molecule has 0 radical (unpaired) electrons. The normalized spacial score (nSPS) is 16.0. The fourth-order valence-electron chi connectivity index (χ4n) is 4.38. The van der Waals surface area contributed by atoms with Gasteiger partial charge in [-0.15, -0.1) is 0 Å². The molecule has 6 heteroatoms. The second kappa shape index (κ2) is 8.75. The maximum atomic E-state index is 13.0. The Kier molecular flexibility index (Phi) is 5.50. The number of hydrogen-bond acceptors (Lipinski definition) is 4. The molecular weight excluding hydrogens is 402 g/mol. The smallest absolute Gasteiger partial charge is 0.227 e. The molecule has 3 aromatic carbocycles. The van der Waals surface area contributed by atoms with Gasteiger partial charge < -0.3 is 18.9 Å². The van der Waals surface area contributed by atoms with Crippen molar-refractivity contribution in [3.05, 3.63) is 84.7 Å². The summed E-state index contributed by atoms with van der Waals surface area (Å²) >= 11 is 0. The van der Waals surface area contributed by atoms with E-state index >= 15 is 0 Å². The average molecular weight is 428 g/mol. The molecule has 5 rings (SSSR count). The zero-order chi connectivity index (χ0) is 21.9. The molecule has 1 amide bonds. The molecule has 4 aromatic rings. The average Bonchev–Trinajstić information content (AvgIpc) is 3.40. The summed E-state index contributed by atoms with van der Waals surface area (Å²) in [5.41, 5.74) is 2.80. The van der Waals surface area contributed by atoms with E-state index in [4.69, 9.17) is 14.5 Å². The Balaban J connectivity index is 1.42. The molecule has 1 aliphatic heterocycles. The second-order valence-electron chi connectivity index (χ2n) is 7.85. The Labute approximate surface area is 187 Å². The highest BCUT2D eigenvalue weighted by molar-refractivity contribution is 5.97. The molecule has 0 aliphatic carbocycles. The lowest BCUT2D eigenvalue weighted by atomic mass is 10.1. The van der Waals surface area contributed by atoms with Crippen molar-refractivity contribution in [3.63, 3.8) is 0 Å². The van der Waals surface area contributed by atoms with Crippen LogP contribution in [-0.2, 0) is 11.3 Å². The number of carbonyl (C=O) groups is 1. The summed E-state index contributed by atoms with van der Waals surface area (Å²) in [6.07, 6.45) is 0.418. The Morgan fingerprint density at radius 3 is 2.56 bits per heavy atom. The number of ether oxygens (including phenoxy) is 2. The monoisotopic (exact) mass is 427 g/mol. The van der Waals surface area contributed by atoms with Crippen LogP contribution in [0, 0.1) is 0 Å². The molecule has 0 bridgehead atoms. The molecule has 1 fully saturated rings. The molecule has 0 N–H and O–H groups in total. The minimum absolute atomic E-state index is 0.00321. The highest BCUT2D eigenvalue weighted by atomic mass is 16.5. The van der Waals surface area contributed by atoms with E-state index in [2.05, 4.69) is 10.6 Å². The van der Waals surface area contributed by atoms with Crippen molar-refractivity contribution in [2.45, 2.75) is 18.9 Å². The lowest BCUT2D eigenvalue weighted by Crippen LogP contribution is -2.25. The van der Waals surface area contributed by atoms with E-state index in [1.54, 1.807) is 7.11 Å². The van der Waals surface area contributed by atoms with Crippen molar-refractivity contribution in [1.29, 1.82) is 0 Å². The number of rotatable bonds is 7. The van der Waals surface area contributed by atoms with E-state index in [1.807, 2.05) is 77.7 Å². The van der Waals surface area contributed by atoms with Gasteiger partial charge in [-0.3, -0.25) is 4.79 Å². The number of methoxy groups -OCH3 is 1. The number of aromatic nitrogens is 2. The predicted molar refractivity (Wildman–Crippen MR) is 124 cm³/mol. The molecule has 0 unspecified atom stereocenters. The van der Waals surface area contributed by atoms with Crippen molar-refractivity contribution in [1.82, 2.24) is 9.55 Å². The minimum Gasteiger partial charge on any atom is -0.495 e. The van der Waals surface area contributed by atoms with Crippen LogP contribution in [0.25, 0.3) is 11.0 Å². The van der Waals surface area contributed by atoms with Gasteiger partial charge in [0.25, 0.3) is 0 Å². The van der Waals surface area contributed by atoms with Crippen LogP contribution < -0.4 is 14.4 Å². The van der Waals surface area contributed by atoms with E-state index in [-0.39, 0.29) is 11.8 Å². The summed E-state index contributed by atoms with van der Waals surface area (Å²) in [6.45, 7) is 1.75. The molecule has 1 aliphatic rings. The fraction of sp³-hybridized carbons (Fsp3) is 0.231. The van der Waals surface area contributed by atoms with Gasteiger partial charge in [-0.1, -0.05) is 42.5 Å². The molecule has 1 saturated heterocycles. The molecule has 162 valence electrons. The SMILES string of the molecule is COc1ccccc1N1C[C@@H](c2nc3ccccc3n2CCOc2ccccc2)CC1=O. The van der Waals surface area contributed by atoms with Crippen LogP contribution >= 0.6 is 0 Å². The zero-order valence-electron chi connectivity index (χ0n) is 18.0. The summed E-state index contributed by atoms with van der Waals surface area (Å²) in [4.78, 5) is 19.7. The van der Waals surface area contributed by atoms with Crippen molar-refractivity contribution >= 4 is 22.6 Å². The maximum Gasteiger partial charge on any atom is 0.227 e. The van der Waals surface area contributed by atoms with Gasteiger partial charge in [0.2, 0.25) is 5.91 Å². The standard InChI is InChI=1S/C26H25N3O3/c1-31-24-14-8-7-13-23(24)29-18-19(17-25(29)30)26-27-21-11-5-6-12-22(21)28(26)15-16-32-20-9-3-2-4-10-20/h2-14,19H,15-18H2,1H3/t19-/m0/s1. The first-order chi connectivity index (χ1) is 15.7. The quantitative estimate of drug-likeness (QED) is 0.431. The third-order valence-electron chi connectivity index (χ3n) is 5.88. The van der Waals surface area contributed by atoms with Crippen LogP contribution in [0.4, 0.5) is 5.69 Å². The van der Waals surface area contributed by atoms with E-state index in [0.29, 0.717) is 31.9 Å². The van der Waals surface area contributed by atoms with E-state index in [1.165, 1.54) is 0 Å². The van der Waals surface area contributed by atoms with Gasteiger partial charge in [0, 0.05) is 18.9 Å². The Bertz CT molecular complexity index is 1240. The lowest BCUT2D eigenvalue weighted by molar-refractivity contribution is -0.117. The zero-order valence-corrected chi connectivity index (χ0v) is 18.0. The number of nitrogens with zero attached hydrogens (tertiary/aromatic N) is 3. The second-order valence-corrected chi connectivity index (χ2v) is 7.85. The number of anilines is 1. The minimum atomic E-state index is -0.00321. The van der Waals surface area contributed by atoms with Crippen LogP contribution in [0.1, 0.15) is 18.2 Å². The first kappa shape index (κ1) is 20.1. The largest absolute Gasteiger partial charge is 0.495 e. The molecule has 6 nitrogen and oxygen atoms in total. The fourth-order valence-corrected chi connectivity index (χ4v) is 4.38. The third-order valence-corrected chi connectivity index (χ3v) is 5.88. The van der Waals surface area contributed by atoms with Gasteiger partial charge in [-0.2, -0.15) is 0 Å². The number of benzene rings is 3. The van der Waals surface area contributed by atoms with Crippen LogP contribution in [0.2, 0.25) is 0 Å². The van der Waals surface area contributed by atoms with Crippen molar-refractivity contribution in [2.75, 3.05) is 25.2 Å². The molecule has 32 heavy (non-hydrogen) atoms. The van der Waals surface area contributed by atoms with Crippen LogP contribution in [0.3, 0.4) is 0 Å². The van der Waals surface area contributed by atoms with Crippen molar-refractivity contribution in [2.24, 2.45) is 0 Å². The molecule has 2 heterocycles. The number of para-hydroxylation sites is 5. The van der Waals surface area contributed by atoms with Gasteiger partial charge >= 0.3 is 0 Å². The molecular formula is C26H25N3O3. The highest BCUT2D eigenvalue weighted by Gasteiger charge is 2.35. The predicted octanol–water partition coefficient (Wildman–Crippen LogP) is 4.64. The lowest BCUT2D eigenvalue weighted by Gasteiger charge is -2.20. The first-order valence-corrected chi connectivity index (χ1v) is 10.8. The van der Waals surface area contributed by atoms with Crippen LogP contribution in [-0.4, -0.2) is 35.7 Å². The summed E-state index contributed by atoms with van der Waals surface area (Å²) in [6, 6.07) is 25.5.